The number of likely N-dealkylation sites (tertiary alicyclic amines) is 1. The fraction of sp³-hybridized carbons (Fsp3) is 0.267. The van der Waals surface area contributed by atoms with Crippen LogP contribution in [0.4, 0.5) is 0 Å². The third-order valence-electron chi connectivity index (χ3n) is 3.64. The molecule has 2 atom stereocenters. The molecule has 21 heavy (non-hydrogen) atoms. The number of carboxylic acids is 1. The molecular weight excluding hydrogens is 272 g/mol. The molecule has 1 aromatic heterocycles. The van der Waals surface area contributed by atoms with E-state index in [0.29, 0.717) is 5.52 Å². The van der Waals surface area contributed by atoms with Crippen LogP contribution in [0.1, 0.15) is 16.9 Å². The standard InChI is InChI=1S/C15H14N2O4/c18-10-7-13(15(20)21)17(8-10)14(19)12-6-5-9-3-1-2-4-11(9)16-12/h1-6,10,13,18H,7-8H2,(H,20,21)/t10-,13+/m0/s1. The van der Waals surface area contributed by atoms with Crippen LogP contribution in [-0.4, -0.2) is 50.7 Å². The quantitative estimate of drug-likeness (QED) is 0.855. The van der Waals surface area contributed by atoms with E-state index in [9.17, 15) is 14.7 Å². The predicted molar refractivity (Wildman–Crippen MR) is 74.8 cm³/mol. The molecule has 1 saturated heterocycles. The van der Waals surface area contributed by atoms with E-state index < -0.39 is 24.0 Å². The Kier molecular flexibility index (Phi) is 3.31. The number of benzene rings is 1. The zero-order valence-corrected chi connectivity index (χ0v) is 11.1. The monoisotopic (exact) mass is 286 g/mol. The van der Waals surface area contributed by atoms with Crippen molar-refractivity contribution < 1.29 is 19.8 Å². The van der Waals surface area contributed by atoms with Gasteiger partial charge in [0.1, 0.15) is 11.7 Å². The minimum Gasteiger partial charge on any atom is -0.480 e. The van der Waals surface area contributed by atoms with Gasteiger partial charge in [0.05, 0.1) is 11.6 Å². The molecule has 1 aliphatic rings. The highest BCUT2D eigenvalue weighted by Crippen LogP contribution is 2.21. The number of amides is 1. The molecule has 1 aliphatic heterocycles. The summed E-state index contributed by atoms with van der Waals surface area (Å²) in [6.07, 6.45) is -0.759. The van der Waals surface area contributed by atoms with Crippen molar-refractivity contribution in [3.63, 3.8) is 0 Å². The molecule has 1 fully saturated rings. The number of aliphatic carboxylic acids is 1. The Morgan fingerprint density at radius 2 is 1.95 bits per heavy atom. The number of carboxylic acid groups (broad SMARTS) is 1. The predicted octanol–water partition coefficient (Wildman–Crippen LogP) is 0.895. The van der Waals surface area contributed by atoms with Crippen LogP contribution in [0.2, 0.25) is 0 Å². The molecule has 1 amide bonds. The summed E-state index contributed by atoms with van der Waals surface area (Å²) >= 11 is 0. The van der Waals surface area contributed by atoms with Crippen LogP contribution in [0.3, 0.4) is 0 Å². The van der Waals surface area contributed by atoms with Crippen molar-refractivity contribution in [2.45, 2.75) is 18.6 Å². The van der Waals surface area contributed by atoms with E-state index in [0.717, 1.165) is 5.39 Å². The second-order valence-corrected chi connectivity index (χ2v) is 5.09. The number of β-amino-alcohol motifs (C(OH)–C–C–N with tert-alkyl or cyclic N) is 1. The largest absolute Gasteiger partial charge is 0.480 e. The van der Waals surface area contributed by atoms with Gasteiger partial charge < -0.3 is 15.1 Å². The maximum absolute atomic E-state index is 12.4. The Morgan fingerprint density at radius 3 is 2.71 bits per heavy atom. The number of nitrogens with zero attached hydrogens (tertiary/aromatic N) is 2. The molecule has 6 heteroatoms. The summed E-state index contributed by atoms with van der Waals surface area (Å²) in [6, 6.07) is 9.73. The number of para-hydroxylation sites is 1. The molecular formula is C15H14N2O4. The van der Waals surface area contributed by atoms with Gasteiger partial charge in [0.2, 0.25) is 0 Å². The van der Waals surface area contributed by atoms with Crippen molar-refractivity contribution in [2.24, 2.45) is 0 Å². The SMILES string of the molecule is O=C(O)[C@H]1C[C@H](O)CN1C(=O)c1ccc2ccccc2n1. The van der Waals surface area contributed by atoms with E-state index in [4.69, 9.17) is 5.11 Å². The Bertz CT molecular complexity index is 716. The van der Waals surface area contributed by atoms with Crippen LogP contribution in [0.15, 0.2) is 36.4 Å². The van der Waals surface area contributed by atoms with Gasteiger partial charge in [-0.3, -0.25) is 4.79 Å². The second-order valence-electron chi connectivity index (χ2n) is 5.09. The molecule has 0 spiro atoms. The van der Waals surface area contributed by atoms with Crippen LogP contribution < -0.4 is 0 Å². The fourth-order valence-electron chi connectivity index (χ4n) is 2.60. The minimum atomic E-state index is -1.11. The first-order valence-electron chi connectivity index (χ1n) is 6.64. The molecule has 1 aromatic carbocycles. The van der Waals surface area contributed by atoms with Gasteiger partial charge in [0.15, 0.2) is 0 Å². The third-order valence-corrected chi connectivity index (χ3v) is 3.64. The van der Waals surface area contributed by atoms with E-state index in [2.05, 4.69) is 4.98 Å². The Hall–Kier alpha value is -2.47. The number of carbonyl (C=O) groups excluding carboxylic acids is 1. The highest BCUT2D eigenvalue weighted by molar-refractivity contribution is 5.97. The van der Waals surface area contributed by atoms with Gasteiger partial charge in [-0.2, -0.15) is 0 Å². The number of carbonyl (C=O) groups is 2. The lowest BCUT2D eigenvalue weighted by Gasteiger charge is -2.20. The first-order valence-corrected chi connectivity index (χ1v) is 6.64. The van der Waals surface area contributed by atoms with Crippen molar-refractivity contribution in [3.05, 3.63) is 42.1 Å². The van der Waals surface area contributed by atoms with Crippen molar-refractivity contribution in [1.29, 1.82) is 0 Å². The van der Waals surface area contributed by atoms with Gasteiger partial charge in [0.25, 0.3) is 5.91 Å². The summed E-state index contributed by atoms with van der Waals surface area (Å²) in [5.41, 5.74) is 0.865. The summed E-state index contributed by atoms with van der Waals surface area (Å²) in [5.74, 6) is -1.58. The van der Waals surface area contributed by atoms with Gasteiger partial charge in [-0.05, 0) is 12.1 Å². The van der Waals surface area contributed by atoms with Crippen LogP contribution >= 0.6 is 0 Å². The molecule has 0 unspecified atom stereocenters. The van der Waals surface area contributed by atoms with Crippen LogP contribution in [0.5, 0.6) is 0 Å². The molecule has 108 valence electrons. The summed E-state index contributed by atoms with van der Waals surface area (Å²) in [6.45, 7) is 0.0182. The lowest BCUT2D eigenvalue weighted by molar-refractivity contribution is -0.141. The molecule has 2 N–H and O–H groups in total. The number of fused-ring (bicyclic) bond motifs is 1. The number of aliphatic hydroxyl groups excluding tert-OH is 1. The molecule has 2 aromatic rings. The van der Waals surface area contributed by atoms with Gasteiger partial charge in [-0.25, -0.2) is 9.78 Å². The van der Waals surface area contributed by atoms with Crippen molar-refractivity contribution >= 4 is 22.8 Å². The molecule has 6 nitrogen and oxygen atoms in total. The Labute approximate surface area is 120 Å². The normalized spacial score (nSPS) is 21.7. The summed E-state index contributed by atoms with van der Waals surface area (Å²) in [4.78, 5) is 29.1. The van der Waals surface area contributed by atoms with E-state index in [1.54, 1.807) is 18.2 Å². The first kappa shape index (κ1) is 13.5. The smallest absolute Gasteiger partial charge is 0.326 e. The molecule has 0 bridgehead atoms. The van der Waals surface area contributed by atoms with Crippen molar-refractivity contribution in [1.82, 2.24) is 9.88 Å². The first-order chi connectivity index (χ1) is 10.1. The topological polar surface area (TPSA) is 90.7 Å². The number of hydrogen-bond acceptors (Lipinski definition) is 4. The molecule has 3 rings (SSSR count). The maximum Gasteiger partial charge on any atom is 0.326 e. The van der Waals surface area contributed by atoms with Crippen molar-refractivity contribution in [2.75, 3.05) is 6.54 Å². The number of aliphatic hydroxyl groups is 1. The zero-order chi connectivity index (χ0) is 15.0. The van der Waals surface area contributed by atoms with Gasteiger partial charge in [-0.15, -0.1) is 0 Å². The van der Waals surface area contributed by atoms with Crippen LogP contribution in [-0.2, 0) is 4.79 Å². The molecule has 0 saturated carbocycles. The summed E-state index contributed by atoms with van der Waals surface area (Å²) in [5, 5.41) is 19.7. The van der Waals surface area contributed by atoms with E-state index in [1.165, 1.54) is 4.90 Å². The van der Waals surface area contributed by atoms with Crippen LogP contribution in [0.25, 0.3) is 10.9 Å². The second kappa shape index (κ2) is 5.14. The summed E-state index contributed by atoms with van der Waals surface area (Å²) in [7, 11) is 0. The minimum absolute atomic E-state index is 0.0182. The van der Waals surface area contributed by atoms with Gasteiger partial charge in [0, 0.05) is 18.4 Å². The molecule has 0 radical (unpaired) electrons. The fourth-order valence-corrected chi connectivity index (χ4v) is 2.60. The van der Waals surface area contributed by atoms with E-state index in [1.807, 2.05) is 18.2 Å². The molecule has 0 aliphatic carbocycles. The average Bonchev–Trinajstić information content (AvgIpc) is 2.88. The zero-order valence-electron chi connectivity index (χ0n) is 11.1. The number of hydrogen-bond donors (Lipinski definition) is 2. The Morgan fingerprint density at radius 1 is 1.19 bits per heavy atom. The van der Waals surface area contributed by atoms with E-state index >= 15 is 0 Å². The van der Waals surface area contributed by atoms with Crippen LogP contribution in [0, 0.1) is 0 Å². The van der Waals surface area contributed by atoms with E-state index in [-0.39, 0.29) is 18.7 Å². The lowest BCUT2D eigenvalue weighted by Crippen LogP contribution is -2.40. The Balaban J connectivity index is 1.94. The number of rotatable bonds is 2. The van der Waals surface area contributed by atoms with Crippen molar-refractivity contribution in [3.8, 4) is 0 Å². The highest BCUT2D eigenvalue weighted by Gasteiger charge is 2.39. The number of aromatic nitrogens is 1. The molecule has 2 heterocycles. The summed E-state index contributed by atoms with van der Waals surface area (Å²) < 4.78 is 0. The maximum atomic E-state index is 12.4. The third kappa shape index (κ3) is 2.45. The highest BCUT2D eigenvalue weighted by atomic mass is 16.4. The lowest BCUT2D eigenvalue weighted by atomic mass is 10.2. The van der Waals surface area contributed by atoms with Gasteiger partial charge >= 0.3 is 5.97 Å². The van der Waals surface area contributed by atoms with Gasteiger partial charge in [-0.1, -0.05) is 24.3 Å². The number of pyridine rings is 1. The average molecular weight is 286 g/mol.